The van der Waals surface area contributed by atoms with Gasteiger partial charge in [-0.05, 0) is 54.8 Å². The van der Waals surface area contributed by atoms with E-state index < -0.39 is 11.6 Å². The van der Waals surface area contributed by atoms with Crippen molar-refractivity contribution in [1.82, 2.24) is 19.2 Å². The van der Waals surface area contributed by atoms with Crippen LogP contribution in [0.4, 0.5) is 5.69 Å². The molecule has 0 bridgehead atoms. The molecule has 9 nitrogen and oxygen atoms in total. The first-order valence-corrected chi connectivity index (χ1v) is 12.1. The summed E-state index contributed by atoms with van der Waals surface area (Å²) in [7, 11) is 0. The molecule has 0 aliphatic rings. The Kier molecular flexibility index (Phi) is 6.59. The highest BCUT2D eigenvalue weighted by Gasteiger charge is 2.19. The summed E-state index contributed by atoms with van der Waals surface area (Å²) in [5.41, 5.74) is 2.59. The zero-order valence-electron chi connectivity index (χ0n) is 20.8. The number of benzene rings is 3. The summed E-state index contributed by atoms with van der Waals surface area (Å²) in [6.07, 6.45) is 0. The van der Waals surface area contributed by atoms with Gasteiger partial charge < -0.3 is 14.8 Å². The van der Waals surface area contributed by atoms with Crippen molar-refractivity contribution in [1.29, 1.82) is 0 Å². The van der Waals surface area contributed by atoms with E-state index in [9.17, 15) is 9.59 Å². The van der Waals surface area contributed by atoms with Crippen molar-refractivity contribution >= 4 is 28.3 Å². The predicted octanol–water partition coefficient (Wildman–Crippen LogP) is 5.00. The molecule has 1 amide bonds. The molecule has 2 heterocycles. The van der Waals surface area contributed by atoms with Crippen LogP contribution in [0, 0.1) is 0 Å². The number of carbonyl (C=O) groups is 1. The normalized spacial score (nSPS) is 11.2. The fourth-order valence-corrected chi connectivity index (χ4v) is 4.05. The Morgan fingerprint density at radius 1 is 1.00 bits per heavy atom. The number of rotatable bonds is 8. The summed E-state index contributed by atoms with van der Waals surface area (Å²) in [4.78, 5) is 30.9. The van der Waals surface area contributed by atoms with Gasteiger partial charge >= 0.3 is 5.69 Å². The molecule has 5 aromatic rings. The van der Waals surface area contributed by atoms with E-state index in [1.807, 2.05) is 49.4 Å². The van der Waals surface area contributed by atoms with Crippen molar-refractivity contribution in [2.45, 2.75) is 33.2 Å². The molecule has 0 spiro atoms. The van der Waals surface area contributed by atoms with E-state index in [1.54, 1.807) is 30.3 Å². The third kappa shape index (κ3) is 4.88. The van der Waals surface area contributed by atoms with Gasteiger partial charge in [0, 0.05) is 0 Å². The molecular formula is C28H27N5O4. The van der Waals surface area contributed by atoms with Crippen molar-refractivity contribution in [3.05, 3.63) is 88.8 Å². The Labute approximate surface area is 213 Å². The van der Waals surface area contributed by atoms with E-state index in [-0.39, 0.29) is 18.1 Å². The third-order valence-corrected chi connectivity index (χ3v) is 5.89. The van der Waals surface area contributed by atoms with Crippen molar-refractivity contribution in [2.24, 2.45) is 0 Å². The molecule has 0 unspecified atom stereocenters. The van der Waals surface area contributed by atoms with E-state index in [0.717, 1.165) is 4.68 Å². The van der Waals surface area contributed by atoms with E-state index in [1.165, 1.54) is 9.96 Å². The van der Waals surface area contributed by atoms with Gasteiger partial charge in [-0.15, -0.1) is 5.10 Å². The maximum atomic E-state index is 13.4. The number of hydrogen-bond donors (Lipinski definition) is 1. The number of ether oxygens (including phenoxy) is 2. The summed E-state index contributed by atoms with van der Waals surface area (Å²) < 4.78 is 14.2. The van der Waals surface area contributed by atoms with E-state index >= 15 is 0 Å². The lowest BCUT2D eigenvalue weighted by Crippen LogP contribution is -2.28. The summed E-state index contributed by atoms with van der Waals surface area (Å²) in [5, 5.41) is 7.23. The van der Waals surface area contributed by atoms with Crippen LogP contribution in [0.2, 0.25) is 0 Å². The van der Waals surface area contributed by atoms with Gasteiger partial charge in [-0.3, -0.25) is 4.79 Å². The molecule has 0 saturated carbocycles. The van der Waals surface area contributed by atoms with Crippen molar-refractivity contribution < 1.29 is 14.3 Å². The first-order chi connectivity index (χ1) is 17.9. The largest absolute Gasteiger partial charge is 0.492 e. The smallest absolute Gasteiger partial charge is 0.351 e. The molecule has 0 atom stereocenters. The van der Waals surface area contributed by atoms with Gasteiger partial charge in [-0.2, -0.15) is 0 Å². The van der Waals surface area contributed by atoms with Crippen molar-refractivity contribution in [3.63, 3.8) is 0 Å². The van der Waals surface area contributed by atoms with Crippen LogP contribution in [0.1, 0.15) is 32.3 Å². The van der Waals surface area contributed by atoms with Crippen LogP contribution in [0.5, 0.6) is 17.4 Å². The Morgan fingerprint density at radius 2 is 1.73 bits per heavy atom. The number of anilines is 1. The number of amides is 1. The molecule has 37 heavy (non-hydrogen) atoms. The second-order valence-electron chi connectivity index (χ2n) is 8.81. The SMILES string of the molecule is CCOc1ccccc1NC(=O)Cn1nc2c(Oc3ccc(C(C)C)cc3)nc3ccccc3n2c1=O. The molecule has 0 radical (unpaired) electrons. The van der Waals surface area contributed by atoms with Crippen molar-refractivity contribution in [2.75, 3.05) is 11.9 Å². The van der Waals surface area contributed by atoms with Crippen LogP contribution >= 0.6 is 0 Å². The minimum Gasteiger partial charge on any atom is -0.492 e. The highest BCUT2D eigenvalue weighted by atomic mass is 16.5. The first kappa shape index (κ1) is 24.1. The fourth-order valence-electron chi connectivity index (χ4n) is 4.05. The Balaban J connectivity index is 1.51. The lowest BCUT2D eigenvalue weighted by Gasteiger charge is -2.10. The molecule has 188 valence electrons. The Bertz CT molecular complexity index is 1640. The van der Waals surface area contributed by atoms with Crippen molar-refractivity contribution in [3.8, 4) is 17.4 Å². The third-order valence-electron chi connectivity index (χ3n) is 5.89. The highest BCUT2D eigenvalue weighted by molar-refractivity contribution is 5.92. The highest BCUT2D eigenvalue weighted by Crippen LogP contribution is 2.27. The van der Waals surface area contributed by atoms with E-state index in [2.05, 4.69) is 29.2 Å². The summed E-state index contributed by atoms with van der Waals surface area (Å²) in [6, 6.07) is 22.1. The lowest BCUT2D eigenvalue weighted by molar-refractivity contribution is -0.117. The van der Waals surface area contributed by atoms with Crippen LogP contribution in [-0.4, -0.2) is 31.7 Å². The van der Waals surface area contributed by atoms with E-state index in [4.69, 9.17) is 9.47 Å². The number of fused-ring (bicyclic) bond motifs is 3. The molecule has 1 N–H and O–H groups in total. The second-order valence-corrected chi connectivity index (χ2v) is 8.81. The van der Waals surface area contributed by atoms with Gasteiger partial charge in [0.05, 0.1) is 23.3 Å². The molecule has 0 aliphatic heterocycles. The average molecular weight is 498 g/mol. The minimum absolute atomic E-state index is 0.175. The molecule has 9 heteroatoms. The van der Waals surface area contributed by atoms with Crippen LogP contribution < -0.4 is 20.5 Å². The number of carbonyl (C=O) groups excluding carboxylic acids is 1. The van der Waals surface area contributed by atoms with Gasteiger partial charge in [0.1, 0.15) is 18.0 Å². The summed E-state index contributed by atoms with van der Waals surface area (Å²) in [6.45, 7) is 6.27. The van der Waals surface area contributed by atoms with Crippen LogP contribution in [0.3, 0.4) is 0 Å². The number of nitrogens with one attached hydrogen (secondary N) is 1. The molecule has 5 rings (SSSR count). The Hall–Kier alpha value is -4.66. The molecule has 0 saturated heterocycles. The second kappa shape index (κ2) is 10.1. The zero-order valence-corrected chi connectivity index (χ0v) is 20.8. The van der Waals surface area contributed by atoms with Gasteiger partial charge in [-0.25, -0.2) is 18.9 Å². The number of aromatic nitrogens is 4. The standard InChI is InChI=1S/C28H27N5O4/c1-4-36-24-12-8-6-10-22(24)29-25(34)17-32-28(35)33-23-11-7-5-9-21(23)30-27(26(33)31-32)37-20-15-13-19(14-16-20)18(2)3/h5-16,18H,4,17H2,1-3H3,(H,29,34). The van der Waals surface area contributed by atoms with Crippen LogP contribution in [0.15, 0.2) is 77.6 Å². The molecule has 3 aromatic carbocycles. The van der Waals surface area contributed by atoms with Gasteiger partial charge in [-0.1, -0.05) is 50.2 Å². The Morgan fingerprint density at radius 3 is 2.49 bits per heavy atom. The number of nitrogens with zero attached hydrogens (tertiary/aromatic N) is 4. The van der Waals surface area contributed by atoms with E-state index in [0.29, 0.717) is 40.7 Å². The average Bonchev–Trinajstić information content (AvgIpc) is 3.22. The molecular weight excluding hydrogens is 470 g/mol. The summed E-state index contributed by atoms with van der Waals surface area (Å²) >= 11 is 0. The molecule has 0 aliphatic carbocycles. The maximum absolute atomic E-state index is 13.4. The molecule has 2 aromatic heterocycles. The molecule has 0 fully saturated rings. The zero-order chi connectivity index (χ0) is 25.9. The van der Waals surface area contributed by atoms with Crippen LogP contribution in [0.25, 0.3) is 16.7 Å². The first-order valence-electron chi connectivity index (χ1n) is 12.1. The predicted molar refractivity (Wildman–Crippen MR) is 142 cm³/mol. The monoisotopic (exact) mass is 497 g/mol. The van der Waals surface area contributed by atoms with Gasteiger partial charge in [0.25, 0.3) is 5.88 Å². The number of para-hydroxylation sites is 4. The topological polar surface area (TPSA) is 99.8 Å². The quantitative estimate of drug-likeness (QED) is 0.324. The van der Waals surface area contributed by atoms with Gasteiger partial charge in [0.15, 0.2) is 0 Å². The lowest BCUT2D eigenvalue weighted by atomic mass is 10.0. The van der Waals surface area contributed by atoms with Gasteiger partial charge in [0.2, 0.25) is 11.6 Å². The minimum atomic E-state index is -0.471. The number of hydrogen-bond acceptors (Lipinski definition) is 6. The maximum Gasteiger partial charge on any atom is 0.351 e. The fraction of sp³-hybridized carbons (Fsp3) is 0.214. The summed E-state index contributed by atoms with van der Waals surface area (Å²) in [5.74, 6) is 1.27. The van der Waals surface area contributed by atoms with Crippen LogP contribution in [-0.2, 0) is 11.3 Å².